The maximum atomic E-state index is 12.4. The molecule has 0 N–H and O–H groups in total. The third-order valence-corrected chi connectivity index (χ3v) is 8.50. The summed E-state index contributed by atoms with van der Waals surface area (Å²) in [6, 6.07) is 12.7. The topological polar surface area (TPSA) is 34.1 Å². The van der Waals surface area contributed by atoms with E-state index < -0.39 is 14.6 Å². The minimum Gasteiger partial charge on any atom is -0.228 e. The van der Waals surface area contributed by atoms with Gasteiger partial charge in [-0.25, -0.2) is 8.42 Å². The Bertz CT molecular complexity index is 916. The molecule has 0 saturated carbocycles. The van der Waals surface area contributed by atoms with Crippen LogP contribution in [0, 0.1) is 12.8 Å². The van der Waals surface area contributed by atoms with Crippen LogP contribution in [0.15, 0.2) is 36.4 Å². The van der Waals surface area contributed by atoms with E-state index in [4.69, 9.17) is 0 Å². The van der Waals surface area contributed by atoms with Crippen molar-refractivity contribution in [2.75, 3.05) is 0 Å². The Labute approximate surface area is 164 Å². The Kier molecular flexibility index (Phi) is 5.54. The zero-order valence-electron chi connectivity index (χ0n) is 17.3. The first kappa shape index (κ1) is 20.1. The van der Waals surface area contributed by atoms with E-state index >= 15 is 0 Å². The second kappa shape index (κ2) is 7.43. The maximum absolute atomic E-state index is 12.4. The minimum atomic E-state index is -3.13. The highest BCUT2D eigenvalue weighted by Gasteiger charge is 2.28. The first-order valence-corrected chi connectivity index (χ1v) is 11.6. The Morgan fingerprint density at radius 3 is 2.19 bits per heavy atom. The molecule has 0 saturated heterocycles. The van der Waals surface area contributed by atoms with Gasteiger partial charge in [-0.3, -0.25) is 0 Å². The van der Waals surface area contributed by atoms with Gasteiger partial charge >= 0.3 is 0 Å². The van der Waals surface area contributed by atoms with E-state index in [1.165, 1.54) is 35.1 Å². The Balaban J connectivity index is 1.66. The van der Waals surface area contributed by atoms with Crippen LogP contribution in [0.1, 0.15) is 61.1 Å². The third-order valence-electron chi connectivity index (χ3n) is 5.92. The Hall–Kier alpha value is -1.61. The number of rotatable bonds is 5. The van der Waals surface area contributed by atoms with Crippen LogP contribution in [0.25, 0.3) is 0 Å². The van der Waals surface area contributed by atoms with Crippen LogP contribution in [-0.2, 0) is 41.3 Å². The molecule has 3 heteroatoms. The van der Waals surface area contributed by atoms with Gasteiger partial charge < -0.3 is 0 Å². The largest absolute Gasteiger partial charge is 0.228 e. The molecular formula is C24H32O2S. The molecule has 1 atom stereocenters. The van der Waals surface area contributed by atoms with Gasteiger partial charge in [-0.15, -0.1) is 0 Å². The second-order valence-corrected chi connectivity index (χ2v) is 11.9. The van der Waals surface area contributed by atoms with Crippen molar-refractivity contribution in [3.63, 3.8) is 0 Å². The first-order valence-electron chi connectivity index (χ1n) is 9.97. The molecule has 0 radical (unpaired) electrons. The second-order valence-electron chi connectivity index (χ2n) is 9.19. The van der Waals surface area contributed by atoms with Crippen LogP contribution in [0.2, 0.25) is 0 Å². The molecule has 2 nitrogen and oxygen atoms in total. The average molecular weight is 385 g/mol. The monoisotopic (exact) mass is 384 g/mol. The van der Waals surface area contributed by atoms with E-state index in [1.807, 2.05) is 12.1 Å². The van der Waals surface area contributed by atoms with Crippen molar-refractivity contribution in [2.24, 2.45) is 5.92 Å². The van der Waals surface area contributed by atoms with Crippen LogP contribution >= 0.6 is 0 Å². The molecule has 0 fully saturated rings. The summed E-state index contributed by atoms with van der Waals surface area (Å²) in [5.41, 5.74) is 8.17. The number of hydrogen-bond acceptors (Lipinski definition) is 2. The van der Waals surface area contributed by atoms with Crippen molar-refractivity contribution >= 4 is 9.84 Å². The average Bonchev–Trinajstić information content (AvgIpc) is 2.96. The van der Waals surface area contributed by atoms with Crippen molar-refractivity contribution in [2.45, 2.75) is 70.8 Å². The zero-order valence-corrected chi connectivity index (χ0v) is 18.1. The number of hydrogen-bond donors (Lipinski definition) is 0. The van der Waals surface area contributed by atoms with Gasteiger partial charge in [-0.1, -0.05) is 43.3 Å². The van der Waals surface area contributed by atoms with Crippen molar-refractivity contribution in [1.29, 1.82) is 0 Å². The van der Waals surface area contributed by atoms with Gasteiger partial charge in [-0.05, 0) is 92.7 Å². The van der Waals surface area contributed by atoms with E-state index in [0.29, 0.717) is 0 Å². The fourth-order valence-electron chi connectivity index (χ4n) is 3.92. The highest BCUT2D eigenvalue weighted by atomic mass is 32.2. The Morgan fingerprint density at radius 1 is 0.926 bits per heavy atom. The molecule has 0 aromatic heterocycles. The SMILES string of the molecule is Cc1c(CCc2ccc(CS(=O)(=O)C(C)(C)C)cc2)ccc2c1CC(C)C2. The molecular weight excluding hydrogens is 352 g/mol. The van der Waals surface area contributed by atoms with Crippen LogP contribution < -0.4 is 0 Å². The van der Waals surface area contributed by atoms with E-state index in [9.17, 15) is 8.42 Å². The highest BCUT2D eigenvalue weighted by molar-refractivity contribution is 7.91. The van der Waals surface area contributed by atoms with Gasteiger partial charge in [-0.2, -0.15) is 0 Å². The third kappa shape index (κ3) is 4.45. The smallest absolute Gasteiger partial charge is 0.159 e. The van der Waals surface area contributed by atoms with E-state index in [1.54, 1.807) is 26.3 Å². The van der Waals surface area contributed by atoms with Gasteiger partial charge in [0.05, 0.1) is 10.5 Å². The van der Waals surface area contributed by atoms with Crippen LogP contribution in [0.3, 0.4) is 0 Å². The molecule has 1 aliphatic carbocycles. The van der Waals surface area contributed by atoms with Crippen LogP contribution in [0.4, 0.5) is 0 Å². The van der Waals surface area contributed by atoms with Gasteiger partial charge in [0, 0.05) is 0 Å². The van der Waals surface area contributed by atoms with Gasteiger partial charge in [0.2, 0.25) is 0 Å². The summed E-state index contributed by atoms with van der Waals surface area (Å²) in [4.78, 5) is 0. The zero-order chi connectivity index (χ0) is 19.8. The van der Waals surface area contributed by atoms with Crippen molar-refractivity contribution in [3.8, 4) is 0 Å². The fraction of sp³-hybridized carbons (Fsp3) is 0.500. The fourth-order valence-corrected chi connectivity index (χ4v) is 4.99. The van der Waals surface area contributed by atoms with E-state index in [2.05, 4.69) is 38.1 Å². The highest BCUT2D eigenvalue weighted by Crippen LogP contribution is 2.31. The molecule has 2 aromatic rings. The van der Waals surface area contributed by atoms with Gasteiger partial charge in [0.25, 0.3) is 0 Å². The summed E-state index contributed by atoms with van der Waals surface area (Å²) < 4.78 is 24.0. The normalized spacial score (nSPS) is 17.1. The number of benzene rings is 2. The van der Waals surface area contributed by atoms with Crippen molar-refractivity contribution in [1.82, 2.24) is 0 Å². The van der Waals surface area contributed by atoms with Crippen molar-refractivity contribution < 1.29 is 8.42 Å². The molecule has 27 heavy (non-hydrogen) atoms. The summed E-state index contributed by atoms with van der Waals surface area (Å²) in [6.45, 7) is 9.89. The molecule has 146 valence electrons. The van der Waals surface area contributed by atoms with E-state index in [0.717, 1.165) is 24.3 Å². The predicted octanol–water partition coefficient (Wildman–Crippen LogP) is 5.23. The number of aryl methyl sites for hydroxylation is 2. The molecule has 3 rings (SSSR count). The van der Waals surface area contributed by atoms with E-state index in [-0.39, 0.29) is 5.75 Å². The molecule has 0 bridgehead atoms. The summed E-state index contributed by atoms with van der Waals surface area (Å²) in [6.07, 6.45) is 4.45. The summed E-state index contributed by atoms with van der Waals surface area (Å²) in [5.74, 6) is 0.879. The number of fused-ring (bicyclic) bond motifs is 1. The quantitative estimate of drug-likeness (QED) is 0.707. The lowest BCUT2D eigenvalue weighted by Gasteiger charge is -2.19. The first-order chi connectivity index (χ1) is 12.6. The Morgan fingerprint density at radius 2 is 1.56 bits per heavy atom. The van der Waals surface area contributed by atoms with Crippen LogP contribution in [-0.4, -0.2) is 13.2 Å². The summed E-state index contributed by atoms with van der Waals surface area (Å²) >= 11 is 0. The molecule has 0 aliphatic heterocycles. The molecule has 1 unspecified atom stereocenters. The summed E-state index contributed by atoms with van der Waals surface area (Å²) in [5, 5.41) is 0. The maximum Gasteiger partial charge on any atom is 0.159 e. The van der Waals surface area contributed by atoms with Gasteiger partial charge in [0.1, 0.15) is 0 Å². The summed E-state index contributed by atoms with van der Waals surface area (Å²) in [7, 11) is -3.13. The molecule has 0 heterocycles. The lowest BCUT2D eigenvalue weighted by Crippen LogP contribution is -2.29. The molecule has 2 aromatic carbocycles. The standard InChI is InChI=1S/C24H32O2S/c1-17-14-22-13-12-21(18(2)23(22)15-17)11-10-19-6-8-20(9-7-19)16-27(25,26)24(3,4)5/h6-9,12-13,17H,10-11,14-16H2,1-5H3. The predicted molar refractivity (Wildman–Crippen MR) is 114 cm³/mol. The van der Waals surface area contributed by atoms with Crippen molar-refractivity contribution in [3.05, 3.63) is 69.8 Å². The molecule has 0 amide bonds. The van der Waals surface area contributed by atoms with Gasteiger partial charge in [0.15, 0.2) is 9.84 Å². The lowest BCUT2D eigenvalue weighted by atomic mass is 9.94. The molecule has 1 aliphatic rings. The van der Waals surface area contributed by atoms with Crippen LogP contribution in [0.5, 0.6) is 0 Å². The minimum absolute atomic E-state index is 0.110. The molecule has 0 spiro atoms. The lowest BCUT2D eigenvalue weighted by molar-refractivity contribution is 0.559. The number of sulfone groups is 1.